The molecule has 0 saturated carbocycles. The Labute approximate surface area is 28.9 Å². The van der Waals surface area contributed by atoms with E-state index >= 15 is 0 Å². The fraction of sp³-hybridized carbons (Fsp3) is 0. The summed E-state index contributed by atoms with van der Waals surface area (Å²) in [6.07, 6.45) is 0. The maximum absolute atomic E-state index is 5.72. The average molecular weight is 77.5 g/mol. The second kappa shape index (κ2) is 2.58. The molecule has 2 nitrogen and oxygen atoms in total. The van der Waals surface area contributed by atoms with Crippen LogP contribution in [0.15, 0.2) is 0 Å². The van der Waals surface area contributed by atoms with Gasteiger partial charge in [0.2, 0.25) is 11.9 Å². The van der Waals surface area contributed by atoms with Crippen LogP contribution in [-0.4, -0.2) is 0 Å². The van der Waals surface area contributed by atoms with Crippen LogP contribution < -0.4 is 0 Å². The minimum atomic E-state index is 2.25. The number of nitrogens with zero attached hydrogens (tertiary/aromatic N) is 1. The van der Waals surface area contributed by atoms with E-state index in [-0.39, 0.29) is 0 Å². The van der Waals surface area contributed by atoms with Crippen molar-refractivity contribution in [3.63, 3.8) is 0 Å². The summed E-state index contributed by atoms with van der Waals surface area (Å²) in [6, 6.07) is 0. The van der Waals surface area contributed by atoms with Crippen LogP contribution in [0.5, 0.6) is 0 Å². The van der Waals surface area contributed by atoms with Gasteiger partial charge in [-0.05, 0) is 5.01 Å². The highest BCUT2D eigenvalue weighted by molar-refractivity contribution is 6.07. The van der Waals surface area contributed by atoms with Gasteiger partial charge >= 0.3 is 0 Å². The number of hydrogen-bond acceptors (Lipinski definition) is 1. The Morgan fingerprint density at radius 1 is 2.00 bits per heavy atom. The van der Waals surface area contributed by atoms with Crippen LogP contribution in [0.4, 0.5) is 0 Å². The SMILES string of the molecule is [C-]#[N+]OCl. The van der Waals surface area contributed by atoms with Crippen LogP contribution in [0, 0.1) is 6.57 Å². The molecule has 0 N–H and O–H groups in total. The van der Waals surface area contributed by atoms with Crippen molar-refractivity contribution in [2.45, 2.75) is 0 Å². The average Bonchev–Trinajstić information content (AvgIpc) is 1.37. The lowest BCUT2D eigenvalue weighted by molar-refractivity contribution is 0.528. The van der Waals surface area contributed by atoms with E-state index in [1.165, 1.54) is 0 Å². The van der Waals surface area contributed by atoms with Crippen molar-refractivity contribution in [1.82, 2.24) is 0 Å². The summed E-state index contributed by atoms with van der Waals surface area (Å²) in [5.41, 5.74) is 0. The van der Waals surface area contributed by atoms with Crippen molar-refractivity contribution in [2.24, 2.45) is 0 Å². The minimum absolute atomic E-state index is 2.25. The molecule has 0 aliphatic rings. The lowest BCUT2D eigenvalue weighted by atomic mass is 11.8. The maximum atomic E-state index is 5.72. The van der Waals surface area contributed by atoms with Gasteiger partial charge in [0.1, 0.15) is 0 Å². The first-order valence-electron chi connectivity index (χ1n) is 0.560. The number of rotatable bonds is 0. The van der Waals surface area contributed by atoms with Gasteiger partial charge in [0, 0.05) is 0 Å². The molecule has 0 aromatic heterocycles. The highest BCUT2D eigenvalue weighted by Crippen LogP contribution is 1.72. The maximum Gasteiger partial charge on any atom is 0.233 e. The fourth-order valence-electron chi connectivity index (χ4n) is 0. The first-order chi connectivity index (χ1) is 1.91. The topological polar surface area (TPSA) is 13.6 Å². The molecule has 3 heteroatoms. The normalized spacial score (nSPS) is 4.00. The van der Waals surface area contributed by atoms with Crippen LogP contribution in [0.3, 0.4) is 0 Å². The molecule has 22 valence electrons. The number of halogens is 1. The molecule has 0 aromatic carbocycles. The van der Waals surface area contributed by atoms with Gasteiger partial charge in [0.25, 0.3) is 0 Å². The van der Waals surface area contributed by atoms with Crippen molar-refractivity contribution in [3.8, 4) is 0 Å². The second-order valence-corrected chi connectivity index (χ2v) is 0.298. The van der Waals surface area contributed by atoms with Gasteiger partial charge in [-0.15, -0.1) is 6.57 Å². The summed E-state index contributed by atoms with van der Waals surface area (Å²) >= 11 is 4.33. The summed E-state index contributed by atoms with van der Waals surface area (Å²) in [6.45, 7) is 5.72. The molecular weight excluding hydrogens is 77.5 g/mol. The largest absolute Gasteiger partial charge is 0.233 e. The first kappa shape index (κ1) is 3.58. The van der Waals surface area contributed by atoms with Gasteiger partial charge in [-0.3, -0.25) is 0 Å². The predicted octanol–water partition coefficient (Wildman–Crippen LogP) is 0.991. The van der Waals surface area contributed by atoms with E-state index in [0.717, 1.165) is 0 Å². The third-order valence-corrected chi connectivity index (χ3v) is 0.104. The third-order valence-electron chi connectivity index (χ3n) is 0.0345. The molecule has 0 spiro atoms. The molecule has 0 aromatic rings. The zero-order valence-corrected chi connectivity index (χ0v) is 2.49. The zero-order chi connectivity index (χ0) is 3.41. The highest BCUT2D eigenvalue weighted by Gasteiger charge is 1.49. The van der Waals surface area contributed by atoms with E-state index in [1.807, 2.05) is 0 Å². The monoisotopic (exact) mass is 77.0 g/mol. The fourth-order valence-corrected chi connectivity index (χ4v) is 0. The molecule has 0 aliphatic heterocycles. The van der Waals surface area contributed by atoms with E-state index in [2.05, 4.69) is 21.3 Å². The lowest BCUT2D eigenvalue weighted by Gasteiger charge is -1.48. The Balaban J connectivity index is 2.43. The summed E-state index contributed by atoms with van der Waals surface area (Å²) in [5.74, 6) is 0. The minimum Gasteiger partial charge on any atom is -0.149 e. The van der Waals surface area contributed by atoms with Crippen LogP contribution in [0.1, 0.15) is 0 Å². The standard InChI is InChI=1S/CClNO/c1-3-4-2. The van der Waals surface area contributed by atoms with Crippen LogP contribution in [0.25, 0.3) is 5.01 Å². The molecule has 0 aliphatic carbocycles. The van der Waals surface area contributed by atoms with Crippen molar-refractivity contribution in [2.75, 3.05) is 0 Å². The van der Waals surface area contributed by atoms with Gasteiger partial charge in [0.05, 0.1) is 0 Å². The van der Waals surface area contributed by atoms with E-state index in [1.54, 1.807) is 0 Å². The van der Waals surface area contributed by atoms with Gasteiger partial charge in [-0.25, -0.2) is 0 Å². The summed E-state index contributed by atoms with van der Waals surface area (Å²) < 4.78 is 3.31. The van der Waals surface area contributed by atoms with Crippen molar-refractivity contribution in [1.29, 1.82) is 0 Å². The van der Waals surface area contributed by atoms with Crippen molar-refractivity contribution >= 4 is 11.9 Å². The predicted molar refractivity (Wildman–Crippen MR) is 13.5 cm³/mol. The van der Waals surface area contributed by atoms with Gasteiger partial charge in [0.15, 0.2) is 0 Å². The van der Waals surface area contributed by atoms with Crippen LogP contribution in [0.2, 0.25) is 0 Å². The van der Waals surface area contributed by atoms with E-state index in [4.69, 9.17) is 6.57 Å². The summed E-state index contributed by atoms with van der Waals surface area (Å²) in [7, 11) is 0. The molecule has 0 rings (SSSR count). The summed E-state index contributed by atoms with van der Waals surface area (Å²) in [5, 5.41) is 2.25. The molecule has 0 atom stereocenters. The van der Waals surface area contributed by atoms with Gasteiger partial charge in [-0.2, -0.15) is 0 Å². The first-order valence-corrected chi connectivity index (χ1v) is 0.869. The molecule has 0 heterocycles. The lowest BCUT2D eigenvalue weighted by Crippen LogP contribution is -1.31. The molecule has 0 unspecified atom stereocenters. The Bertz CT molecular complexity index is 37.8. The van der Waals surface area contributed by atoms with E-state index in [0.29, 0.717) is 0 Å². The van der Waals surface area contributed by atoms with Crippen molar-refractivity contribution < 1.29 is 4.39 Å². The van der Waals surface area contributed by atoms with Crippen LogP contribution >= 0.6 is 11.9 Å². The van der Waals surface area contributed by atoms with Crippen molar-refractivity contribution in [3.05, 3.63) is 11.6 Å². The van der Waals surface area contributed by atoms with E-state index < -0.39 is 0 Å². The Morgan fingerprint density at radius 2 is 2.25 bits per heavy atom. The smallest absolute Gasteiger partial charge is 0.149 e. The Morgan fingerprint density at radius 3 is 2.25 bits per heavy atom. The molecule has 0 fully saturated rings. The summed E-state index contributed by atoms with van der Waals surface area (Å²) in [4.78, 5) is 0. The molecular formula is CClNO. The molecule has 0 amide bonds. The second-order valence-electron chi connectivity index (χ2n) is 0.160. The zero-order valence-electron chi connectivity index (χ0n) is 1.73. The molecule has 0 radical (unpaired) electrons. The highest BCUT2D eigenvalue weighted by atomic mass is 35.5. The third kappa shape index (κ3) is 1.58. The van der Waals surface area contributed by atoms with Gasteiger partial charge in [-0.1, -0.05) is 4.39 Å². The van der Waals surface area contributed by atoms with Gasteiger partial charge < -0.3 is 0 Å². The van der Waals surface area contributed by atoms with E-state index in [9.17, 15) is 0 Å². The molecule has 4 heavy (non-hydrogen) atoms. The quantitative estimate of drug-likeness (QED) is 0.311. The molecule has 0 bridgehead atoms. The molecule has 0 saturated heterocycles. The van der Waals surface area contributed by atoms with Crippen LogP contribution in [-0.2, 0) is 4.39 Å². The Hall–Kier alpha value is -0.420. The Kier molecular flexibility index (Phi) is 2.31. The number of hydrogen-bond donors (Lipinski definition) is 0.